The molecule has 1 amide bonds. The van der Waals surface area contributed by atoms with Gasteiger partial charge in [0, 0.05) is 12.1 Å². The van der Waals surface area contributed by atoms with Gasteiger partial charge in [0.1, 0.15) is 5.75 Å². The molecule has 3 nitrogen and oxygen atoms in total. The van der Waals surface area contributed by atoms with Crippen molar-refractivity contribution in [2.75, 3.05) is 6.61 Å². The minimum Gasteiger partial charge on any atom is -0.484 e. The van der Waals surface area contributed by atoms with Crippen LogP contribution in [0.4, 0.5) is 8.78 Å². The maximum atomic E-state index is 12.9. The predicted octanol–water partition coefficient (Wildman–Crippen LogP) is 2.50. The van der Waals surface area contributed by atoms with Gasteiger partial charge in [-0.15, -0.1) is 0 Å². The van der Waals surface area contributed by atoms with Gasteiger partial charge in [-0.25, -0.2) is 8.78 Å². The van der Waals surface area contributed by atoms with Crippen LogP contribution in [0.1, 0.15) is 20.8 Å². The Hall–Kier alpha value is -1.65. The maximum absolute atomic E-state index is 12.9. The Labute approximate surface area is 105 Å². The summed E-state index contributed by atoms with van der Waals surface area (Å²) in [6.07, 6.45) is 0. The molecule has 0 aliphatic carbocycles. The molecule has 18 heavy (non-hydrogen) atoms. The third kappa shape index (κ3) is 4.31. The second kappa shape index (κ2) is 6.33. The Morgan fingerprint density at radius 2 is 1.94 bits per heavy atom. The van der Waals surface area contributed by atoms with Crippen molar-refractivity contribution < 1.29 is 18.3 Å². The smallest absolute Gasteiger partial charge is 0.258 e. The van der Waals surface area contributed by atoms with Crippen LogP contribution in [0, 0.1) is 17.6 Å². The third-order valence-electron chi connectivity index (χ3n) is 2.65. The SMILES string of the molecule is CC(C)C(C)NC(=O)COc1ccc(F)c(F)c1. The predicted molar refractivity (Wildman–Crippen MR) is 64.3 cm³/mol. The van der Waals surface area contributed by atoms with Crippen molar-refractivity contribution >= 4 is 5.91 Å². The van der Waals surface area contributed by atoms with Crippen molar-refractivity contribution in [2.45, 2.75) is 26.8 Å². The van der Waals surface area contributed by atoms with Crippen molar-refractivity contribution in [2.24, 2.45) is 5.92 Å². The number of carbonyl (C=O) groups excluding carboxylic acids is 1. The number of amides is 1. The summed E-state index contributed by atoms with van der Waals surface area (Å²) >= 11 is 0. The lowest BCUT2D eigenvalue weighted by Gasteiger charge is -2.17. The van der Waals surface area contributed by atoms with Gasteiger partial charge in [0.05, 0.1) is 0 Å². The fraction of sp³-hybridized carbons (Fsp3) is 0.462. The molecule has 0 bridgehead atoms. The van der Waals surface area contributed by atoms with Gasteiger partial charge in [-0.05, 0) is 25.0 Å². The molecule has 5 heteroatoms. The topological polar surface area (TPSA) is 38.3 Å². The highest BCUT2D eigenvalue weighted by molar-refractivity contribution is 5.77. The van der Waals surface area contributed by atoms with E-state index in [1.54, 1.807) is 0 Å². The molecule has 0 spiro atoms. The number of halogens is 2. The van der Waals surface area contributed by atoms with E-state index in [0.29, 0.717) is 5.92 Å². The number of carbonyl (C=O) groups is 1. The van der Waals surface area contributed by atoms with Crippen molar-refractivity contribution in [1.29, 1.82) is 0 Å². The highest BCUT2D eigenvalue weighted by Crippen LogP contribution is 2.15. The van der Waals surface area contributed by atoms with Crippen molar-refractivity contribution in [3.8, 4) is 5.75 Å². The third-order valence-corrected chi connectivity index (χ3v) is 2.65. The molecule has 1 N–H and O–H groups in total. The van der Waals surface area contributed by atoms with Crippen LogP contribution in [-0.2, 0) is 4.79 Å². The summed E-state index contributed by atoms with van der Waals surface area (Å²) in [6, 6.07) is 3.18. The fourth-order valence-electron chi connectivity index (χ4n) is 1.18. The van der Waals surface area contributed by atoms with Crippen LogP contribution in [0.2, 0.25) is 0 Å². The van der Waals surface area contributed by atoms with Crippen LogP contribution in [0.15, 0.2) is 18.2 Å². The minimum absolute atomic E-state index is 0.0334. The number of rotatable bonds is 5. The number of hydrogen-bond donors (Lipinski definition) is 1. The molecule has 0 aliphatic rings. The monoisotopic (exact) mass is 257 g/mol. The first-order valence-corrected chi connectivity index (χ1v) is 5.77. The molecule has 0 heterocycles. The summed E-state index contributed by atoms with van der Waals surface area (Å²) in [7, 11) is 0. The molecule has 1 aromatic rings. The molecule has 1 atom stereocenters. The summed E-state index contributed by atoms with van der Waals surface area (Å²) in [5.41, 5.74) is 0. The van der Waals surface area contributed by atoms with E-state index in [1.807, 2.05) is 20.8 Å². The number of ether oxygens (including phenoxy) is 1. The van der Waals surface area contributed by atoms with E-state index >= 15 is 0 Å². The van der Waals surface area contributed by atoms with Crippen LogP contribution >= 0.6 is 0 Å². The molecule has 0 saturated carbocycles. The lowest BCUT2D eigenvalue weighted by Crippen LogP contribution is -2.38. The van der Waals surface area contributed by atoms with E-state index in [9.17, 15) is 13.6 Å². The molecule has 0 aliphatic heterocycles. The summed E-state index contributed by atoms with van der Waals surface area (Å²) in [5, 5.41) is 2.74. The van der Waals surface area contributed by atoms with Gasteiger partial charge in [-0.3, -0.25) is 4.79 Å². The first-order chi connectivity index (χ1) is 8.40. The van der Waals surface area contributed by atoms with Crippen LogP contribution in [0.5, 0.6) is 5.75 Å². The lowest BCUT2D eigenvalue weighted by atomic mass is 10.1. The molecular weight excluding hydrogens is 240 g/mol. The molecule has 0 fully saturated rings. The van der Waals surface area contributed by atoms with E-state index in [2.05, 4.69) is 5.32 Å². The molecule has 1 rings (SSSR count). The summed E-state index contributed by atoms with van der Waals surface area (Å²) in [4.78, 5) is 11.5. The Morgan fingerprint density at radius 3 is 2.50 bits per heavy atom. The zero-order chi connectivity index (χ0) is 13.7. The highest BCUT2D eigenvalue weighted by atomic mass is 19.2. The average molecular weight is 257 g/mol. The molecule has 1 unspecified atom stereocenters. The molecule has 0 radical (unpaired) electrons. The first-order valence-electron chi connectivity index (χ1n) is 5.77. The number of hydrogen-bond acceptors (Lipinski definition) is 2. The van der Waals surface area contributed by atoms with E-state index < -0.39 is 11.6 Å². The largest absolute Gasteiger partial charge is 0.484 e. The molecule has 0 aromatic heterocycles. The molecular formula is C13H17F2NO2. The fourth-order valence-corrected chi connectivity index (χ4v) is 1.18. The number of benzene rings is 1. The van der Waals surface area contributed by atoms with Gasteiger partial charge >= 0.3 is 0 Å². The second-order valence-electron chi connectivity index (χ2n) is 4.46. The summed E-state index contributed by atoms with van der Waals surface area (Å²) in [6.45, 7) is 5.64. The Bertz CT molecular complexity index is 421. The maximum Gasteiger partial charge on any atom is 0.258 e. The van der Waals surface area contributed by atoms with E-state index in [4.69, 9.17) is 4.74 Å². The lowest BCUT2D eigenvalue weighted by molar-refractivity contribution is -0.124. The standard InChI is InChI=1S/C13H17F2NO2/c1-8(2)9(3)16-13(17)7-18-10-4-5-11(14)12(15)6-10/h4-6,8-9H,7H2,1-3H3,(H,16,17). The van der Waals surface area contributed by atoms with E-state index in [0.717, 1.165) is 12.1 Å². The van der Waals surface area contributed by atoms with Crippen molar-refractivity contribution in [3.05, 3.63) is 29.8 Å². The Morgan fingerprint density at radius 1 is 1.28 bits per heavy atom. The van der Waals surface area contributed by atoms with Crippen LogP contribution < -0.4 is 10.1 Å². The van der Waals surface area contributed by atoms with Gasteiger partial charge in [-0.1, -0.05) is 13.8 Å². The quantitative estimate of drug-likeness (QED) is 0.880. The van der Waals surface area contributed by atoms with Gasteiger partial charge in [-0.2, -0.15) is 0 Å². The van der Waals surface area contributed by atoms with Crippen LogP contribution in [-0.4, -0.2) is 18.6 Å². The van der Waals surface area contributed by atoms with E-state index in [1.165, 1.54) is 6.07 Å². The van der Waals surface area contributed by atoms with Crippen LogP contribution in [0.25, 0.3) is 0 Å². The van der Waals surface area contributed by atoms with Crippen molar-refractivity contribution in [3.63, 3.8) is 0 Å². The van der Waals surface area contributed by atoms with Gasteiger partial charge in [0.2, 0.25) is 0 Å². The van der Waals surface area contributed by atoms with Crippen LogP contribution in [0.3, 0.4) is 0 Å². The van der Waals surface area contributed by atoms with Gasteiger partial charge in [0.15, 0.2) is 18.2 Å². The normalized spacial score (nSPS) is 12.3. The first kappa shape index (κ1) is 14.4. The molecule has 100 valence electrons. The Kier molecular flexibility index (Phi) is 5.07. The van der Waals surface area contributed by atoms with Gasteiger partial charge in [0.25, 0.3) is 5.91 Å². The summed E-state index contributed by atoms with van der Waals surface area (Å²) < 4.78 is 30.6. The highest BCUT2D eigenvalue weighted by Gasteiger charge is 2.11. The second-order valence-corrected chi connectivity index (χ2v) is 4.46. The minimum atomic E-state index is -0.997. The number of nitrogens with one attached hydrogen (secondary N) is 1. The molecule has 1 aromatic carbocycles. The Balaban J connectivity index is 2.45. The zero-order valence-corrected chi connectivity index (χ0v) is 10.7. The molecule has 0 saturated heterocycles. The van der Waals surface area contributed by atoms with Crippen molar-refractivity contribution in [1.82, 2.24) is 5.32 Å². The zero-order valence-electron chi connectivity index (χ0n) is 10.7. The van der Waals surface area contributed by atoms with E-state index in [-0.39, 0.29) is 24.3 Å². The van der Waals surface area contributed by atoms with Gasteiger partial charge < -0.3 is 10.1 Å². The average Bonchev–Trinajstić information content (AvgIpc) is 2.30. The summed E-state index contributed by atoms with van der Waals surface area (Å²) in [5.74, 6) is -1.79.